The van der Waals surface area contributed by atoms with Gasteiger partial charge in [0.25, 0.3) is 0 Å². The van der Waals surface area contributed by atoms with Gasteiger partial charge in [-0.05, 0) is 52.5 Å². The highest BCUT2D eigenvalue weighted by Crippen LogP contribution is 2.33. The average molecular weight is 460 g/mol. The molecule has 0 aliphatic rings. The lowest BCUT2D eigenvalue weighted by molar-refractivity contribution is -0.121. The lowest BCUT2D eigenvalue weighted by atomic mass is 9.96. The molecule has 0 bridgehead atoms. The molecule has 0 aliphatic carbocycles. The molecule has 0 saturated heterocycles. The Kier molecular flexibility index (Phi) is 7.35. The summed E-state index contributed by atoms with van der Waals surface area (Å²) in [5, 5.41) is 7.68. The van der Waals surface area contributed by atoms with Crippen LogP contribution in [0.5, 0.6) is 0 Å². The average Bonchev–Trinajstić information content (AvgIpc) is 3.12. The Hall–Kier alpha value is -2.29. The molecule has 8 heteroatoms. The van der Waals surface area contributed by atoms with Crippen molar-refractivity contribution in [3.05, 3.63) is 52.0 Å². The quantitative estimate of drug-likeness (QED) is 0.512. The number of fused-ring (bicyclic) bond motifs is 1. The van der Waals surface area contributed by atoms with Crippen molar-refractivity contribution in [2.24, 2.45) is 5.73 Å². The van der Waals surface area contributed by atoms with Gasteiger partial charge in [0.15, 0.2) is 0 Å². The minimum Gasteiger partial charge on any atom is -0.378 e. The summed E-state index contributed by atoms with van der Waals surface area (Å²) in [5.41, 5.74) is 11.4. The highest BCUT2D eigenvalue weighted by Gasteiger charge is 2.20. The molecule has 0 fully saturated rings. The first kappa shape index (κ1) is 21.4. The lowest BCUT2D eigenvalue weighted by Gasteiger charge is -2.17. The van der Waals surface area contributed by atoms with E-state index in [9.17, 15) is 4.79 Å². The van der Waals surface area contributed by atoms with Gasteiger partial charge < -0.3 is 15.8 Å². The maximum absolute atomic E-state index is 12.2. The van der Waals surface area contributed by atoms with Crippen molar-refractivity contribution < 1.29 is 9.53 Å². The molecule has 0 unspecified atom stereocenters. The fourth-order valence-electron chi connectivity index (χ4n) is 3.46. The minimum absolute atomic E-state index is 0.0263. The van der Waals surface area contributed by atoms with Gasteiger partial charge in [-0.1, -0.05) is 6.92 Å². The smallest absolute Gasteiger partial charge is 0.220 e. The summed E-state index contributed by atoms with van der Waals surface area (Å²) in [6.45, 7) is 3.37. The Morgan fingerprint density at radius 2 is 2.17 bits per heavy atom. The van der Waals surface area contributed by atoms with E-state index in [1.165, 1.54) is 0 Å². The fraction of sp³-hybridized carbons (Fsp3) is 0.381. The van der Waals surface area contributed by atoms with E-state index in [4.69, 9.17) is 15.6 Å². The second-order valence-corrected chi connectivity index (χ2v) is 7.65. The van der Waals surface area contributed by atoms with Gasteiger partial charge in [-0.25, -0.2) is 4.52 Å². The van der Waals surface area contributed by atoms with E-state index in [0.29, 0.717) is 32.5 Å². The predicted octanol–water partition coefficient (Wildman–Crippen LogP) is 2.88. The number of rotatable bonds is 9. The summed E-state index contributed by atoms with van der Waals surface area (Å²) in [4.78, 5) is 16.6. The van der Waals surface area contributed by atoms with Crippen LogP contribution >= 0.6 is 15.9 Å². The normalized spacial score (nSPS) is 11.2. The number of carbonyl (C=O) groups excluding carboxylic acids is 1. The van der Waals surface area contributed by atoms with Gasteiger partial charge in [0.05, 0.1) is 17.8 Å². The molecule has 1 amide bonds. The van der Waals surface area contributed by atoms with Crippen molar-refractivity contribution in [2.75, 3.05) is 20.2 Å². The molecule has 3 aromatic rings. The molecule has 0 radical (unpaired) electrons. The Morgan fingerprint density at radius 1 is 1.34 bits per heavy atom. The topological polar surface area (TPSA) is 94.5 Å². The standard InChI is InChI=1S/C21H26BrN5O2/c1-3-16-4-6-19-21(14-10-15(22)12-24-11-14)17(5-7-20(28)25-9-8-23)18(13-29-2)26-27(16)19/h4,6,10-12H,3,5,7-9,13,23H2,1-2H3,(H,25,28). The summed E-state index contributed by atoms with van der Waals surface area (Å²) < 4.78 is 8.31. The van der Waals surface area contributed by atoms with Crippen molar-refractivity contribution in [3.8, 4) is 11.1 Å². The van der Waals surface area contributed by atoms with Crippen LogP contribution < -0.4 is 11.1 Å². The zero-order valence-corrected chi connectivity index (χ0v) is 18.3. The number of nitrogens with one attached hydrogen (secondary N) is 1. The second-order valence-electron chi connectivity index (χ2n) is 6.74. The van der Waals surface area contributed by atoms with Crippen LogP contribution in [0, 0.1) is 0 Å². The minimum atomic E-state index is -0.0263. The van der Waals surface area contributed by atoms with Gasteiger partial charge >= 0.3 is 0 Å². The molecular weight excluding hydrogens is 434 g/mol. The van der Waals surface area contributed by atoms with Crippen molar-refractivity contribution in [1.29, 1.82) is 0 Å². The van der Waals surface area contributed by atoms with Crippen molar-refractivity contribution in [3.63, 3.8) is 0 Å². The number of pyridine rings is 1. The molecule has 29 heavy (non-hydrogen) atoms. The number of methoxy groups -OCH3 is 1. The van der Waals surface area contributed by atoms with Crippen LogP contribution in [0.1, 0.15) is 30.3 Å². The van der Waals surface area contributed by atoms with Gasteiger partial charge in [-0.15, -0.1) is 0 Å². The third-order valence-corrected chi connectivity index (χ3v) is 5.20. The van der Waals surface area contributed by atoms with Crippen LogP contribution in [0.3, 0.4) is 0 Å². The number of hydrogen-bond acceptors (Lipinski definition) is 5. The second kappa shape index (κ2) is 9.96. The maximum atomic E-state index is 12.2. The number of ether oxygens (including phenoxy) is 1. The van der Waals surface area contributed by atoms with Gasteiger partial charge in [-0.2, -0.15) is 5.10 Å². The number of halogens is 1. The Balaban J connectivity index is 2.16. The van der Waals surface area contributed by atoms with E-state index >= 15 is 0 Å². The summed E-state index contributed by atoms with van der Waals surface area (Å²) >= 11 is 3.52. The van der Waals surface area contributed by atoms with Crippen LogP contribution in [0.2, 0.25) is 0 Å². The molecular formula is C21H26BrN5O2. The highest BCUT2D eigenvalue weighted by molar-refractivity contribution is 9.10. The number of aryl methyl sites for hydroxylation is 1. The Bertz CT molecular complexity index is 1000. The molecule has 3 heterocycles. The van der Waals surface area contributed by atoms with E-state index in [0.717, 1.165) is 44.5 Å². The Labute approximate surface area is 178 Å². The molecule has 7 nitrogen and oxygen atoms in total. The molecule has 3 N–H and O–H groups in total. The van der Waals surface area contributed by atoms with Crippen molar-refractivity contribution in [1.82, 2.24) is 19.9 Å². The summed E-state index contributed by atoms with van der Waals surface area (Å²) in [5.74, 6) is -0.0263. The number of nitrogens with zero attached hydrogens (tertiary/aromatic N) is 3. The van der Waals surface area contributed by atoms with E-state index in [2.05, 4.69) is 45.3 Å². The third kappa shape index (κ3) is 4.83. The van der Waals surface area contributed by atoms with Crippen LogP contribution in [0.15, 0.2) is 35.1 Å². The molecule has 3 aromatic heterocycles. The Morgan fingerprint density at radius 3 is 2.86 bits per heavy atom. The summed E-state index contributed by atoms with van der Waals surface area (Å²) in [6.07, 6.45) is 5.36. The SMILES string of the molecule is CCc1ccc2c(-c3cncc(Br)c3)c(CCC(=O)NCCN)c(COC)nn12. The summed E-state index contributed by atoms with van der Waals surface area (Å²) in [6, 6.07) is 6.21. The van der Waals surface area contributed by atoms with E-state index in [1.54, 1.807) is 13.3 Å². The number of carbonyl (C=O) groups is 1. The van der Waals surface area contributed by atoms with Gasteiger partial charge in [-0.3, -0.25) is 9.78 Å². The largest absolute Gasteiger partial charge is 0.378 e. The number of amides is 1. The molecule has 154 valence electrons. The van der Waals surface area contributed by atoms with Crippen LogP contribution in [-0.4, -0.2) is 40.7 Å². The summed E-state index contributed by atoms with van der Waals surface area (Å²) in [7, 11) is 1.65. The molecule has 0 saturated carbocycles. The van der Waals surface area contributed by atoms with Crippen molar-refractivity contribution in [2.45, 2.75) is 32.8 Å². The first-order valence-corrected chi connectivity index (χ1v) is 10.5. The molecule has 0 atom stereocenters. The van der Waals surface area contributed by atoms with E-state index < -0.39 is 0 Å². The predicted molar refractivity (Wildman–Crippen MR) is 117 cm³/mol. The molecule has 0 aliphatic heterocycles. The number of aromatic nitrogens is 3. The van der Waals surface area contributed by atoms with E-state index in [1.807, 2.05) is 16.8 Å². The third-order valence-electron chi connectivity index (χ3n) is 4.77. The lowest BCUT2D eigenvalue weighted by Crippen LogP contribution is -2.29. The number of hydrogen-bond donors (Lipinski definition) is 2. The molecule has 0 aromatic carbocycles. The van der Waals surface area contributed by atoms with Crippen LogP contribution in [-0.2, 0) is 29.0 Å². The van der Waals surface area contributed by atoms with Gasteiger partial charge in [0.1, 0.15) is 0 Å². The van der Waals surface area contributed by atoms with Gasteiger partial charge in [0.2, 0.25) is 5.91 Å². The molecule has 0 spiro atoms. The number of nitrogens with two attached hydrogens (primary N) is 1. The first-order valence-electron chi connectivity index (χ1n) is 9.68. The zero-order chi connectivity index (χ0) is 20.8. The first-order chi connectivity index (χ1) is 14.1. The zero-order valence-electron chi connectivity index (χ0n) is 16.7. The highest BCUT2D eigenvalue weighted by atomic mass is 79.9. The van der Waals surface area contributed by atoms with E-state index in [-0.39, 0.29) is 5.91 Å². The monoisotopic (exact) mass is 459 g/mol. The maximum Gasteiger partial charge on any atom is 0.220 e. The van der Waals surface area contributed by atoms with Crippen molar-refractivity contribution >= 4 is 27.4 Å². The fourth-order valence-corrected chi connectivity index (χ4v) is 3.82. The van der Waals surface area contributed by atoms with Gasteiger partial charge in [0, 0.05) is 60.3 Å². The van der Waals surface area contributed by atoms with Crippen LogP contribution in [0.4, 0.5) is 0 Å². The molecule has 3 rings (SSSR count). The van der Waals surface area contributed by atoms with Crippen LogP contribution in [0.25, 0.3) is 16.6 Å².